The van der Waals surface area contributed by atoms with Crippen LogP contribution in [0.3, 0.4) is 0 Å². The Hall–Kier alpha value is 0.902. The van der Waals surface area contributed by atoms with Crippen LogP contribution in [-0.4, -0.2) is 36.9 Å². The molecule has 0 aromatic carbocycles. The normalized spacial score (nSPS) is 7.08. The molecular weight excluding hydrogens is 279 g/mol. The zero-order valence-corrected chi connectivity index (χ0v) is 9.18. The van der Waals surface area contributed by atoms with Crippen molar-refractivity contribution in [2.24, 2.45) is 0 Å². The Kier molecular flexibility index (Phi) is 171. The molecule has 0 fully saturated rings. The van der Waals surface area contributed by atoms with Crippen LogP contribution in [0.15, 0.2) is 0 Å². The Morgan fingerprint density at radius 3 is 0.846 bits per heavy atom. The van der Waals surface area contributed by atoms with Crippen molar-refractivity contribution in [3.8, 4) is 0 Å². The molecule has 0 aliphatic rings. The quantitative estimate of drug-likeness (QED) is 0.328. The second-order valence-corrected chi connectivity index (χ2v) is 1.05. The molecule has 0 spiro atoms. The predicted molar refractivity (Wildman–Crippen MR) is 52.0 cm³/mol. The third-order valence-corrected chi connectivity index (χ3v) is 0. The van der Waals surface area contributed by atoms with Crippen molar-refractivity contribution in [3.63, 3.8) is 0 Å². The Balaban J connectivity index is -0.0000000213. The maximum Gasteiger partial charge on any atom is 0.324 e. The van der Waals surface area contributed by atoms with Gasteiger partial charge in [-0.3, -0.25) is 4.57 Å². The first-order chi connectivity index (χ1) is 5.66. The zero-order valence-electron chi connectivity index (χ0n) is 5.34. The summed E-state index contributed by atoms with van der Waals surface area (Å²) in [5, 5.41) is 0. The SMILES string of the molecule is O=PO.O=PO.O=PO.O=[PH2]O.[AlH3]. The second kappa shape index (κ2) is 76.1. The lowest BCUT2D eigenvalue weighted by Gasteiger charge is -1.33. The molecule has 0 saturated heterocycles. The van der Waals surface area contributed by atoms with E-state index in [2.05, 4.69) is 0 Å². The van der Waals surface area contributed by atoms with Crippen molar-refractivity contribution in [1.82, 2.24) is 0 Å². The molecule has 80 valence electrons. The Morgan fingerprint density at radius 1 is 0.846 bits per heavy atom. The highest BCUT2D eigenvalue weighted by Gasteiger charge is 1.29. The van der Waals surface area contributed by atoms with Crippen LogP contribution in [0.2, 0.25) is 0 Å². The van der Waals surface area contributed by atoms with Crippen LogP contribution >= 0.6 is 34.7 Å². The molecule has 0 amide bonds. The molecule has 0 aliphatic carbocycles. The van der Waals surface area contributed by atoms with Crippen molar-refractivity contribution >= 4 is 52.1 Å². The number of rotatable bonds is 0. The minimum atomic E-state index is -1.50. The summed E-state index contributed by atoms with van der Waals surface area (Å²) in [6.07, 6.45) is 0. The van der Waals surface area contributed by atoms with Crippen molar-refractivity contribution in [2.45, 2.75) is 0 Å². The van der Waals surface area contributed by atoms with Crippen LogP contribution in [0.5, 0.6) is 0 Å². The van der Waals surface area contributed by atoms with Gasteiger partial charge in [0.25, 0.3) is 0 Å². The van der Waals surface area contributed by atoms with Gasteiger partial charge in [-0.2, -0.15) is 0 Å². The summed E-state index contributed by atoms with van der Waals surface area (Å²) in [5.41, 5.74) is 0. The smallest absolute Gasteiger partial charge is 0.324 e. The van der Waals surface area contributed by atoms with E-state index in [4.69, 9.17) is 37.8 Å². The Labute approximate surface area is 90.3 Å². The van der Waals surface area contributed by atoms with Gasteiger partial charge in [0.2, 0.25) is 0 Å². The maximum atomic E-state index is 8.57. The van der Waals surface area contributed by atoms with Crippen molar-refractivity contribution in [1.29, 1.82) is 0 Å². The molecule has 0 saturated carbocycles. The van der Waals surface area contributed by atoms with E-state index in [0.717, 1.165) is 0 Å². The first-order valence-electron chi connectivity index (χ1n) is 1.64. The molecule has 13 heteroatoms. The highest BCUT2D eigenvalue weighted by Crippen LogP contribution is 1.66. The molecule has 8 nitrogen and oxygen atoms in total. The van der Waals surface area contributed by atoms with E-state index < -0.39 is 34.7 Å². The third kappa shape index (κ3) is 1880. The molecule has 13 heavy (non-hydrogen) atoms. The van der Waals surface area contributed by atoms with E-state index in [0.29, 0.717) is 0 Å². The lowest BCUT2D eigenvalue weighted by atomic mass is 15.9. The summed E-state index contributed by atoms with van der Waals surface area (Å²) in [6.45, 7) is 0. The summed E-state index contributed by atoms with van der Waals surface area (Å²) >= 11 is 0. The Bertz CT molecular complexity index is 70.1. The second-order valence-electron chi connectivity index (χ2n) is 0.350. The van der Waals surface area contributed by atoms with Gasteiger partial charge in [0.05, 0.1) is 0 Å². The van der Waals surface area contributed by atoms with E-state index >= 15 is 0 Å². The number of hydrogen-bond donors (Lipinski definition) is 4. The van der Waals surface area contributed by atoms with E-state index in [1.807, 2.05) is 0 Å². The van der Waals surface area contributed by atoms with Gasteiger partial charge in [0.15, 0.2) is 26.0 Å². The van der Waals surface area contributed by atoms with Gasteiger partial charge in [-0.25, -0.2) is 13.7 Å². The lowest BCUT2D eigenvalue weighted by molar-refractivity contribution is 0.523. The minimum absolute atomic E-state index is 0. The van der Waals surface area contributed by atoms with E-state index in [1.54, 1.807) is 0 Å². The van der Waals surface area contributed by atoms with E-state index in [1.165, 1.54) is 0 Å². The highest BCUT2D eigenvalue weighted by molar-refractivity contribution is 7.16. The molecule has 0 aromatic rings. The average molecular weight is 288 g/mol. The van der Waals surface area contributed by atoms with Gasteiger partial charge in [-0.15, -0.1) is 0 Å². The summed E-state index contributed by atoms with van der Waals surface area (Å²) in [5.74, 6) is 0. The zero-order chi connectivity index (χ0) is 10.8. The topological polar surface area (TPSA) is 149 Å². The molecule has 4 N–H and O–H groups in total. The average Bonchev–Trinajstić information content (AvgIpc) is 1.92. The van der Waals surface area contributed by atoms with Crippen LogP contribution in [0.4, 0.5) is 0 Å². The summed E-state index contributed by atoms with van der Waals surface area (Å²) in [6, 6.07) is 0. The summed E-state index contributed by atoms with van der Waals surface area (Å²) < 4.78 is 33.9. The first kappa shape index (κ1) is 29.2. The van der Waals surface area contributed by atoms with Crippen molar-refractivity contribution in [3.05, 3.63) is 0 Å². The molecule has 1 atom stereocenters. The van der Waals surface area contributed by atoms with Crippen molar-refractivity contribution in [2.75, 3.05) is 0 Å². The van der Waals surface area contributed by atoms with Crippen molar-refractivity contribution < 1.29 is 37.8 Å². The third-order valence-electron chi connectivity index (χ3n) is 0. The van der Waals surface area contributed by atoms with Gasteiger partial charge < -0.3 is 19.6 Å². The van der Waals surface area contributed by atoms with Crippen LogP contribution in [0, 0.1) is 0 Å². The standard InChI is InChI=1S/Al.H3O2P.3HO2P.3H/c;4*1-3-2;;;/h;3H2,(H,1,2);3*(H,1,2);;;. The first-order valence-corrected chi connectivity index (χ1v) is 4.92. The monoisotopic (exact) mass is 288 g/mol. The van der Waals surface area contributed by atoms with E-state index in [-0.39, 0.29) is 17.4 Å². The molecule has 0 aromatic heterocycles. The van der Waals surface area contributed by atoms with Gasteiger partial charge in [0.1, 0.15) is 0 Å². The molecule has 0 radical (unpaired) electrons. The molecular formula is H9AlO8P4. The highest BCUT2D eigenvalue weighted by atomic mass is 31.1. The maximum absolute atomic E-state index is 8.57. The molecule has 0 rings (SSSR count). The van der Waals surface area contributed by atoms with Crippen LogP contribution in [-0.2, 0) is 18.3 Å². The van der Waals surface area contributed by atoms with Crippen LogP contribution in [0.1, 0.15) is 0 Å². The van der Waals surface area contributed by atoms with Gasteiger partial charge in [0, 0.05) is 0 Å². The fraction of sp³-hybridized carbons (Fsp3) is 0. The predicted octanol–water partition coefficient (Wildman–Crippen LogP) is -0.978. The van der Waals surface area contributed by atoms with Crippen LogP contribution in [0.25, 0.3) is 0 Å². The Morgan fingerprint density at radius 2 is 0.846 bits per heavy atom. The molecule has 1 unspecified atom stereocenters. The number of hydrogen-bond acceptors (Lipinski definition) is 4. The van der Waals surface area contributed by atoms with E-state index in [9.17, 15) is 0 Å². The van der Waals surface area contributed by atoms with Gasteiger partial charge >= 0.3 is 26.1 Å². The van der Waals surface area contributed by atoms with Gasteiger partial charge in [-0.05, 0) is 0 Å². The van der Waals surface area contributed by atoms with Gasteiger partial charge in [-0.1, -0.05) is 0 Å². The lowest BCUT2D eigenvalue weighted by Crippen LogP contribution is -1.03. The molecule has 0 aliphatic heterocycles. The summed E-state index contributed by atoms with van der Waals surface area (Å²) in [7, 11) is -4.00. The van der Waals surface area contributed by atoms with Crippen LogP contribution < -0.4 is 0 Å². The fourth-order valence-corrected chi connectivity index (χ4v) is 0. The molecule has 0 bridgehead atoms. The largest absolute Gasteiger partial charge is 0.348 e. The minimum Gasteiger partial charge on any atom is -0.348 e. The summed E-state index contributed by atoms with van der Waals surface area (Å²) in [4.78, 5) is 28.1. The molecule has 0 heterocycles. The fourth-order valence-electron chi connectivity index (χ4n) is 0.